The van der Waals surface area contributed by atoms with Crippen molar-refractivity contribution in [2.45, 2.75) is 51.2 Å². The molecule has 4 nitrogen and oxygen atoms in total. The predicted octanol–water partition coefficient (Wildman–Crippen LogP) is 2.16. The Morgan fingerprint density at radius 3 is 3.00 bits per heavy atom. The lowest BCUT2D eigenvalue weighted by atomic mass is 9.76. The molecule has 2 rings (SSSR count). The number of epoxide rings is 1. The molecule has 2 aliphatic rings. The maximum atomic E-state index is 11.1. The summed E-state index contributed by atoms with van der Waals surface area (Å²) in [6.45, 7) is 5.01. The van der Waals surface area contributed by atoms with Crippen molar-refractivity contribution in [2.24, 2.45) is 11.8 Å². The average Bonchev–Trinajstić information content (AvgIpc) is 2.99. The Balaban J connectivity index is 1.63. The van der Waals surface area contributed by atoms with E-state index in [9.17, 15) is 4.79 Å². The fourth-order valence-corrected chi connectivity index (χ4v) is 2.94. The van der Waals surface area contributed by atoms with E-state index in [2.05, 4.69) is 13.8 Å². The van der Waals surface area contributed by atoms with Crippen molar-refractivity contribution in [1.29, 1.82) is 0 Å². The fourth-order valence-electron chi connectivity index (χ4n) is 2.94. The first-order chi connectivity index (χ1) is 8.55. The molecule has 0 aromatic heterocycles. The van der Waals surface area contributed by atoms with Gasteiger partial charge in [0.25, 0.3) is 0 Å². The summed E-state index contributed by atoms with van der Waals surface area (Å²) in [6, 6.07) is 0. The summed E-state index contributed by atoms with van der Waals surface area (Å²) in [7, 11) is 1.50. The largest absolute Gasteiger partial charge is 0.464 e. The van der Waals surface area contributed by atoms with Gasteiger partial charge in [-0.2, -0.15) is 0 Å². The molecule has 0 bridgehead atoms. The molecule has 4 atom stereocenters. The van der Waals surface area contributed by atoms with Crippen LogP contribution in [0, 0.1) is 11.8 Å². The van der Waals surface area contributed by atoms with E-state index >= 15 is 0 Å². The number of carbonyl (C=O) groups is 1. The third-order valence-electron chi connectivity index (χ3n) is 4.47. The monoisotopic (exact) mass is 256 g/mol. The molecule has 0 aromatic rings. The Morgan fingerprint density at radius 1 is 1.56 bits per heavy atom. The number of methoxy groups -OCH3 is 1. The number of ether oxygens (including phenoxy) is 3. The molecular formula is C14H24O4. The molecule has 4 heteroatoms. The highest BCUT2D eigenvalue weighted by Gasteiger charge is 2.55. The van der Waals surface area contributed by atoms with Crippen LogP contribution in [-0.2, 0) is 19.0 Å². The van der Waals surface area contributed by atoms with E-state index in [1.54, 1.807) is 0 Å². The molecule has 4 unspecified atom stereocenters. The number of hydrogen-bond donors (Lipinski definition) is 0. The third-order valence-corrected chi connectivity index (χ3v) is 4.47. The van der Waals surface area contributed by atoms with Crippen LogP contribution in [0.3, 0.4) is 0 Å². The smallest absolute Gasteiger partial charge is 0.332 e. The zero-order chi connectivity index (χ0) is 13.2. The van der Waals surface area contributed by atoms with E-state index in [0.717, 1.165) is 6.42 Å². The van der Waals surface area contributed by atoms with Gasteiger partial charge >= 0.3 is 5.97 Å². The highest BCUT2D eigenvalue weighted by molar-refractivity contribution is 5.70. The van der Waals surface area contributed by atoms with Gasteiger partial charge in [-0.05, 0) is 44.4 Å². The summed E-state index contributed by atoms with van der Waals surface area (Å²) in [5.41, 5.74) is 0.196. The second-order valence-corrected chi connectivity index (χ2v) is 5.87. The Labute approximate surface area is 109 Å². The maximum absolute atomic E-state index is 11.1. The van der Waals surface area contributed by atoms with Crippen molar-refractivity contribution < 1.29 is 19.0 Å². The molecule has 2 fully saturated rings. The fraction of sp³-hybridized carbons (Fsp3) is 0.929. The molecule has 104 valence electrons. The Kier molecular flexibility index (Phi) is 4.28. The minimum Gasteiger partial charge on any atom is -0.464 e. The zero-order valence-corrected chi connectivity index (χ0v) is 11.6. The van der Waals surface area contributed by atoms with Gasteiger partial charge in [0, 0.05) is 7.11 Å². The van der Waals surface area contributed by atoms with Crippen LogP contribution in [0.15, 0.2) is 0 Å². The summed E-state index contributed by atoms with van der Waals surface area (Å²) >= 11 is 0. The molecule has 1 saturated carbocycles. The van der Waals surface area contributed by atoms with Crippen LogP contribution in [-0.4, -0.2) is 38.0 Å². The van der Waals surface area contributed by atoms with Crippen molar-refractivity contribution >= 4 is 5.97 Å². The van der Waals surface area contributed by atoms with E-state index in [-0.39, 0.29) is 18.2 Å². The van der Waals surface area contributed by atoms with Crippen LogP contribution in [0.1, 0.15) is 39.5 Å². The highest BCUT2D eigenvalue weighted by atomic mass is 16.6. The Hall–Kier alpha value is -0.610. The molecule has 1 aliphatic carbocycles. The predicted molar refractivity (Wildman–Crippen MR) is 67.2 cm³/mol. The number of hydrogen-bond acceptors (Lipinski definition) is 4. The topological polar surface area (TPSA) is 48.1 Å². The normalized spacial score (nSPS) is 35.7. The van der Waals surface area contributed by atoms with Crippen LogP contribution >= 0.6 is 0 Å². The summed E-state index contributed by atoms with van der Waals surface area (Å²) in [4.78, 5) is 11.1. The van der Waals surface area contributed by atoms with Crippen molar-refractivity contribution in [3.63, 3.8) is 0 Å². The first-order valence-electron chi connectivity index (χ1n) is 6.87. The lowest BCUT2D eigenvalue weighted by Crippen LogP contribution is -2.26. The molecule has 1 saturated heterocycles. The zero-order valence-electron chi connectivity index (χ0n) is 11.6. The van der Waals surface area contributed by atoms with Crippen LogP contribution in [0.25, 0.3) is 0 Å². The number of carbonyl (C=O) groups excluding carboxylic acids is 1. The molecule has 18 heavy (non-hydrogen) atoms. The molecule has 0 aromatic carbocycles. The lowest BCUT2D eigenvalue weighted by molar-refractivity contribution is -0.148. The van der Waals surface area contributed by atoms with Crippen molar-refractivity contribution in [3.05, 3.63) is 0 Å². The molecule has 1 aliphatic heterocycles. The SMILES string of the molecule is COCC(=O)OCCC(C)C1CCC2(C)OC2C1. The van der Waals surface area contributed by atoms with Crippen molar-refractivity contribution in [3.8, 4) is 0 Å². The van der Waals surface area contributed by atoms with Gasteiger partial charge in [-0.25, -0.2) is 4.79 Å². The molecule has 0 N–H and O–H groups in total. The van der Waals surface area contributed by atoms with Gasteiger partial charge < -0.3 is 14.2 Å². The van der Waals surface area contributed by atoms with E-state index in [4.69, 9.17) is 14.2 Å². The van der Waals surface area contributed by atoms with Gasteiger partial charge in [-0.1, -0.05) is 6.92 Å². The van der Waals surface area contributed by atoms with Crippen LogP contribution < -0.4 is 0 Å². The van der Waals surface area contributed by atoms with Gasteiger partial charge in [-0.15, -0.1) is 0 Å². The van der Waals surface area contributed by atoms with Gasteiger partial charge in [0.15, 0.2) is 0 Å². The number of fused-ring (bicyclic) bond motifs is 1. The van der Waals surface area contributed by atoms with Crippen LogP contribution in [0.4, 0.5) is 0 Å². The highest BCUT2D eigenvalue weighted by Crippen LogP contribution is 2.50. The van der Waals surface area contributed by atoms with Crippen molar-refractivity contribution in [1.82, 2.24) is 0 Å². The van der Waals surface area contributed by atoms with Gasteiger partial charge in [0.2, 0.25) is 0 Å². The third kappa shape index (κ3) is 3.23. The summed E-state index contributed by atoms with van der Waals surface area (Å²) in [6.07, 6.45) is 5.00. The summed E-state index contributed by atoms with van der Waals surface area (Å²) in [5, 5.41) is 0. The second-order valence-electron chi connectivity index (χ2n) is 5.87. The first-order valence-corrected chi connectivity index (χ1v) is 6.87. The lowest BCUT2D eigenvalue weighted by Gasteiger charge is -2.27. The number of rotatable bonds is 6. The Bertz CT molecular complexity index is 304. The maximum Gasteiger partial charge on any atom is 0.332 e. The summed E-state index contributed by atoms with van der Waals surface area (Å²) < 4.78 is 15.5. The molecular weight excluding hydrogens is 232 g/mol. The quantitative estimate of drug-likeness (QED) is 0.540. The minimum absolute atomic E-state index is 0.0477. The van der Waals surface area contributed by atoms with E-state index in [1.807, 2.05) is 0 Å². The number of esters is 1. The standard InChI is InChI=1S/C14H24O4/c1-10(5-7-17-13(15)9-16-3)11-4-6-14(2)12(8-11)18-14/h10-12H,4-9H2,1-3H3. The molecule has 1 heterocycles. The van der Waals surface area contributed by atoms with Crippen LogP contribution in [0.5, 0.6) is 0 Å². The van der Waals surface area contributed by atoms with E-state index in [0.29, 0.717) is 24.5 Å². The van der Waals surface area contributed by atoms with Crippen LogP contribution in [0.2, 0.25) is 0 Å². The van der Waals surface area contributed by atoms with Gasteiger partial charge in [0.05, 0.1) is 18.3 Å². The minimum atomic E-state index is -0.272. The van der Waals surface area contributed by atoms with Gasteiger partial charge in [0.1, 0.15) is 6.61 Å². The van der Waals surface area contributed by atoms with E-state index < -0.39 is 0 Å². The van der Waals surface area contributed by atoms with Crippen molar-refractivity contribution in [2.75, 3.05) is 20.3 Å². The second kappa shape index (κ2) is 5.57. The summed E-state index contributed by atoms with van der Waals surface area (Å²) in [5.74, 6) is 1.03. The Morgan fingerprint density at radius 2 is 2.33 bits per heavy atom. The average molecular weight is 256 g/mol. The van der Waals surface area contributed by atoms with Gasteiger partial charge in [-0.3, -0.25) is 0 Å². The molecule has 0 spiro atoms. The molecule has 0 radical (unpaired) electrons. The van der Waals surface area contributed by atoms with E-state index in [1.165, 1.54) is 26.4 Å². The first kappa shape index (κ1) is 13.8. The molecule has 0 amide bonds.